The van der Waals surface area contributed by atoms with Crippen LogP contribution in [-0.4, -0.2) is 17.6 Å². The van der Waals surface area contributed by atoms with Crippen LogP contribution in [0.25, 0.3) is 0 Å². The SMILES string of the molecule is O=C(NCC(O)c1ccccc1F)c1c(F)cc(F)cc1F. The predicted molar refractivity (Wildman–Crippen MR) is 70.0 cm³/mol. The van der Waals surface area contributed by atoms with Gasteiger partial charge in [-0.25, -0.2) is 17.6 Å². The van der Waals surface area contributed by atoms with E-state index < -0.39 is 47.4 Å². The van der Waals surface area contributed by atoms with E-state index in [2.05, 4.69) is 5.32 Å². The molecule has 2 rings (SSSR count). The fraction of sp³-hybridized carbons (Fsp3) is 0.133. The largest absolute Gasteiger partial charge is 0.386 e. The Bertz CT molecular complexity index is 683. The molecule has 22 heavy (non-hydrogen) atoms. The van der Waals surface area contributed by atoms with Gasteiger partial charge in [-0.1, -0.05) is 18.2 Å². The highest BCUT2D eigenvalue weighted by atomic mass is 19.1. The van der Waals surface area contributed by atoms with Gasteiger partial charge >= 0.3 is 0 Å². The van der Waals surface area contributed by atoms with Gasteiger partial charge in [0.1, 0.15) is 28.8 Å². The topological polar surface area (TPSA) is 49.3 Å². The van der Waals surface area contributed by atoms with Crippen LogP contribution in [0.1, 0.15) is 22.0 Å². The zero-order valence-electron chi connectivity index (χ0n) is 11.1. The van der Waals surface area contributed by atoms with E-state index in [9.17, 15) is 27.5 Å². The van der Waals surface area contributed by atoms with Gasteiger partial charge in [0.2, 0.25) is 0 Å². The molecule has 0 fully saturated rings. The van der Waals surface area contributed by atoms with E-state index in [1.54, 1.807) is 0 Å². The molecule has 0 saturated carbocycles. The zero-order chi connectivity index (χ0) is 16.3. The second kappa shape index (κ2) is 6.57. The maximum absolute atomic E-state index is 13.4. The van der Waals surface area contributed by atoms with Crippen LogP contribution in [0.2, 0.25) is 0 Å². The summed E-state index contributed by atoms with van der Waals surface area (Å²) < 4.78 is 53.0. The van der Waals surface area contributed by atoms with Crippen molar-refractivity contribution in [3.05, 3.63) is 70.8 Å². The molecule has 2 N–H and O–H groups in total. The fourth-order valence-corrected chi connectivity index (χ4v) is 1.89. The number of hydrogen-bond donors (Lipinski definition) is 2. The van der Waals surface area contributed by atoms with E-state index in [-0.39, 0.29) is 5.56 Å². The molecule has 1 atom stereocenters. The number of aliphatic hydroxyl groups excluding tert-OH is 1. The summed E-state index contributed by atoms with van der Waals surface area (Å²) in [6.07, 6.45) is -1.39. The average Bonchev–Trinajstić information content (AvgIpc) is 2.44. The molecule has 0 aliphatic heterocycles. The summed E-state index contributed by atoms with van der Waals surface area (Å²) in [6, 6.07) is 6.08. The number of halogens is 4. The molecule has 0 radical (unpaired) electrons. The molecule has 1 amide bonds. The van der Waals surface area contributed by atoms with Gasteiger partial charge in [0.15, 0.2) is 0 Å². The van der Waals surface area contributed by atoms with Crippen molar-refractivity contribution in [2.75, 3.05) is 6.54 Å². The van der Waals surface area contributed by atoms with Gasteiger partial charge in [-0.05, 0) is 6.07 Å². The molecule has 0 aromatic heterocycles. The van der Waals surface area contributed by atoms with Crippen LogP contribution in [0, 0.1) is 23.3 Å². The monoisotopic (exact) mass is 313 g/mol. The van der Waals surface area contributed by atoms with Gasteiger partial charge in [0.25, 0.3) is 5.91 Å². The number of nitrogens with one attached hydrogen (secondary N) is 1. The van der Waals surface area contributed by atoms with Crippen molar-refractivity contribution in [2.24, 2.45) is 0 Å². The van der Waals surface area contributed by atoms with Crippen molar-refractivity contribution in [2.45, 2.75) is 6.10 Å². The number of hydrogen-bond acceptors (Lipinski definition) is 2. The molecule has 116 valence electrons. The molecule has 2 aromatic rings. The molecule has 2 aromatic carbocycles. The molecule has 0 spiro atoms. The lowest BCUT2D eigenvalue weighted by Crippen LogP contribution is -2.30. The average molecular weight is 313 g/mol. The summed E-state index contributed by atoms with van der Waals surface area (Å²) in [6.45, 7) is -0.462. The van der Waals surface area contributed by atoms with Gasteiger partial charge in [-0.15, -0.1) is 0 Å². The second-order valence-electron chi connectivity index (χ2n) is 4.49. The van der Waals surface area contributed by atoms with Gasteiger partial charge < -0.3 is 10.4 Å². The maximum atomic E-state index is 13.4. The molecule has 0 aliphatic carbocycles. The third-order valence-corrected chi connectivity index (χ3v) is 2.95. The van der Waals surface area contributed by atoms with E-state index in [4.69, 9.17) is 0 Å². The molecule has 0 aliphatic rings. The van der Waals surface area contributed by atoms with Crippen LogP contribution in [0.4, 0.5) is 17.6 Å². The molecule has 3 nitrogen and oxygen atoms in total. The van der Waals surface area contributed by atoms with Crippen molar-refractivity contribution in [3.8, 4) is 0 Å². The van der Waals surface area contributed by atoms with Crippen LogP contribution in [0.3, 0.4) is 0 Å². The summed E-state index contributed by atoms with van der Waals surface area (Å²) in [7, 11) is 0. The number of benzene rings is 2. The highest BCUT2D eigenvalue weighted by Gasteiger charge is 2.20. The zero-order valence-corrected chi connectivity index (χ0v) is 11.1. The number of amides is 1. The lowest BCUT2D eigenvalue weighted by atomic mass is 10.1. The standard InChI is InChI=1S/C15H11F4NO2/c16-8-5-11(18)14(12(19)6-8)15(22)20-7-13(21)9-3-1-2-4-10(9)17/h1-6,13,21H,7H2,(H,20,22). The Morgan fingerprint density at radius 2 is 1.64 bits per heavy atom. The van der Waals surface area contributed by atoms with Crippen LogP contribution in [0.15, 0.2) is 36.4 Å². The van der Waals surface area contributed by atoms with Crippen molar-refractivity contribution in [3.63, 3.8) is 0 Å². The second-order valence-corrected chi connectivity index (χ2v) is 4.49. The van der Waals surface area contributed by atoms with Crippen molar-refractivity contribution in [1.82, 2.24) is 5.32 Å². The third kappa shape index (κ3) is 3.43. The number of carbonyl (C=O) groups excluding carboxylic acids is 1. The first-order chi connectivity index (χ1) is 10.4. The molecule has 0 heterocycles. The highest BCUT2D eigenvalue weighted by Crippen LogP contribution is 2.17. The molecule has 0 bridgehead atoms. The van der Waals surface area contributed by atoms with Crippen LogP contribution in [0.5, 0.6) is 0 Å². The Kier molecular flexibility index (Phi) is 4.77. The number of carbonyl (C=O) groups is 1. The first-order valence-electron chi connectivity index (χ1n) is 6.25. The Morgan fingerprint density at radius 3 is 2.23 bits per heavy atom. The van der Waals surface area contributed by atoms with E-state index in [1.165, 1.54) is 18.2 Å². The third-order valence-electron chi connectivity index (χ3n) is 2.95. The minimum Gasteiger partial charge on any atom is -0.386 e. The highest BCUT2D eigenvalue weighted by molar-refractivity contribution is 5.94. The summed E-state index contributed by atoms with van der Waals surface area (Å²) in [5.74, 6) is -5.74. The van der Waals surface area contributed by atoms with E-state index >= 15 is 0 Å². The Labute approximate surface area is 123 Å². The number of aliphatic hydroxyl groups is 1. The quantitative estimate of drug-likeness (QED) is 0.853. The van der Waals surface area contributed by atoms with E-state index in [1.807, 2.05) is 0 Å². The van der Waals surface area contributed by atoms with Crippen molar-refractivity contribution < 1.29 is 27.5 Å². The lowest BCUT2D eigenvalue weighted by Gasteiger charge is -2.13. The minimum absolute atomic E-state index is 0.0668. The molecular weight excluding hydrogens is 302 g/mol. The van der Waals surface area contributed by atoms with Gasteiger partial charge in [-0.3, -0.25) is 4.79 Å². The summed E-state index contributed by atoms with van der Waals surface area (Å²) in [4.78, 5) is 11.7. The van der Waals surface area contributed by atoms with Gasteiger partial charge in [-0.2, -0.15) is 0 Å². The first kappa shape index (κ1) is 16.0. The van der Waals surface area contributed by atoms with Crippen molar-refractivity contribution in [1.29, 1.82) is 0 Å². The normalized spacial score (nSPS) is 12.0. The van der Waals surface area contributed by atoms with E-state index in [0.717, 1.165) is 6.07 Å². The Hall–Kier alpha value is -2.41. The summed E-state index contributed by atoms with van der Waals surface area (Å²) in [5, 5.41) is 11.8. The Balaban J connectivity index is 2.09. The van der Waals surface area contributed by atoms with Gasteiger partial charge in [0, 0.05) is 24.2 Å². The van der Waals surface area contributed by atoms with Crippen LogP contribution >= 0.6 is 0 Å². The van der Waals surface area contributed by atoms with Crippen LogP contribution < -0.4 is 5.32 Å². The molecular formula is C15H11F4NO2. The predicted octanol–water partition coefficient (Wildman–Crippen LogP) is 2.71. The van der Waals surface area contributed by atoms with Gasteiger partial charge in [0.05, 0.1) is 6.10 Å². The smallest absolute Gasteiger partial charge is 0.257 e. The number of rotatable bonds is 4. The Morgan fingerprint density at radius 1 is 1.05 bits per heavy atom. The minimum atomic E-state index is -1.39. The molecule has 7 heteroatoms. The van der Waals surface area contributed by atoms with Crippen molar-refractivity contribution >= 4 is 5.91 Å². The molecule has 1 unspecified atom stereocenters. The fourth-order valence-electron chi connectivity index (χ4n) is 1.89. The van der Waals surface area contributed by atoms with Crippen LogP contribution in [-0.2, 0) is 0 Å². The summed E-state index contributed by atoms with van der Waals surface area (Å²) in [5.41, 5.74) is -1.04. The summed E-state index contributed by atoms with van der Waals surface area (Å²) >= 11 is 0. The van der Waals surface area contributed by atoms with E-state index in [0.29, 0.717) is 12.1 Å². The molecule has 0 saturated heterocycles. The maximum Gasteiger partial charge on any atom is 0.257 e. The lowest BCUT2D eigenvalue weighted by molar-refractivity contribution is 0.0905. The first-order valence-corrected chi connectivity index (χ1v) is 6.25.